The van der Waals surface area contributed by atoms with Gasteiger partial charge in [-0.25, -0.2) is 4.58 Å². The molecule has 2 atom stereocenters. The maximum atomic E-state index is 2.50. The van der Waals surface area contributed by atoms with Crippen molar-refractivity contribution in [3.63, 3.8) is 0 Å². The lowest BCUT2D eigenvalue weighted by Crippen LogP contribution is -2.32. The van der Waals surface area contributed by atoms with Crippen molar-refractivity contribution in [2.45, 2.75) is 76.4 Å². The number of rotatable bonds is 3. The average molecular weight is 634 g/mol. The van der Waals surface area contributed by atoms with Crippen LogP contribution >= 0.6 is 11.8 Å². The van der Waals surface area contributed by atoms with E-state index >= 15 is 0 Å². The molecule has 0 bridgehead atoms. The lowest BCUT2D eigenvalue weighted by atomic mass is 9.79. The summed E-state index contributed by atoms with van der Waals surface area (Å²) >= 11 is 2.04. The van der Waals surface area contributed by atoms with Gasteiger partial charge in [0.1, 0.15) is 12.3 Å². The van der Waals surface area contributed by atoms with E-state index in [2.05, 4.69) is 168 Å². The fourth-order valence-electron chi connectivity index (χ4n) is 8.12. The number of benzene rings is 5. The summed E-state index contributed by atoms with van der Waals surface area (Å²) in [4.78, 5) is 1.39. The second kappa shape index (κ2) is 10.7. The quantitative estimate of drug-likeness (QED) is 0.176. The lowest BCUT2D eigenvalue weighted by molar-refractivity contribution is -0.424. The van der Waals surface area contributed by atoms with E-state index in [4.69, 9.17) is 0 Å². The minimum atomic E-state index is 0.0433. The molecule has 2 unspecified atom stereocenters. The zero-order valence-corrected chi connectivity index (χ0v) is 29.8. The van der Waals surface area contributed by atoms with Gasteiger partial charge < -0.3 is 4.57 Å². The standard InChI is InChI=1S/C44H45N2S/c1-27-30-13-9-10-14-31(30)37(44(5,6)7)25-35(27)41-42-34(21-22-45(41)8)33-19-18-29(24-40(33)47-42)46-38-16-12-11-15-32(38)36-23-28(17-20-39(36)46)26-43(2,3)4/h9-25,34,42H,26H2,1-8H3/q+1. The highest BCUT2D eigenvalue weighted by molar-refractivity contribution is 8.01. The normalized spacial score (nSPS) is 18.0. The molecule has 2 nitrogen and oxygen atoms in total. The molecule has 8 rings (SSSR count). The van der Waals surface area contributed by atoms with Crippen LogP contribution in [0.2, 0.25) is 0 Å². The van der Waals surface area contributed by atoms with E-state index in [1.807, 2.05) is 11.8 Å². The Balaban J connectivity index is 1.24. The highest BCUT2D eigenvalue weighted by Gasteiger charge is 2.43. The van der Waals surface area contributed by atoms with Crippen LogP contribution in [0.4, 0.5) is 0 Å². The zero-order chi connectivity index (χ0) is 32.8. The predicted molar refractivity (Wildman–Crippen MR) is 203 cm³/mol. The molecule has 0 aliphatic carbocycles. The number of allylic oxidation sites excluding steroid dienone is 1. The van der Waals surface area contributed by atoms with Crippen molar-refractivity contribution in [2.75, 3.05) is 7.05 Å². The minimum Gasteiger partial charge on any atom is -0.309 e. The summed E-state index contributed by atoms with van der Waals surface area (Å²) < 4.78 is 4.86. The molecule has 0 fully saturated rings. The van der Waals surface area contributed by atoms with Gasteiger partial charge >= 0.3 is 0 Å². The van der Waals surface area contributed by atoms with E-state index in [9.17, 15) is 0 Å². The second-order valence-electron chi connectivity index (χ2n) is 16.0. The van der Waals surface area contributed by atoms with Gasteiger partial charge in [0.2, 0.25) is 5.71 Å². The van der Waals surface area contributed by atoms with Crippen molar-refractivity contribution in [1.29, 1.82) is 0 Å². The molecule has 3 heteroatoms. The molecule has 0 radical (unpaired) electrons. The summed E-state index contributed by atoms with van der Waals surface area (Å²) in [7, 11) is 2.23. The first kappa shape index (κ1) is 30.3. The van der Waals surface area contributed by atoms with Crippen molar-refractivity contribution < 1.29 is 4.58 Å². The van der Waals surface area contributed by atoms with E-state index < -0.39 is 0 Å². The van der Waals surface area contributed by atoms with E-state index in [0.29, 0.717) is 11.2 Å². The first-order valence-corrected chi connectivity index (χ1v) is 17.9. The van der Waals surface area contributed by atoms with Crippen LogP contribution in [0.1, 0.15) is 75.3 Å². The largest absolute Gasteiger partial charge is 0.309 e. The smallest absolute Gasteiger partial charge is 0.203 e. The molecule has 0 spiro atoms. The Morgan fingerprint density at radius 1 is 0.745 bits per heavy atom. The molecular weight excluding hydrogens is 589 g/mol. The Bertz CT molecular complexity index is 2300. The molecule has 1 aromatic heterocycles. The number of hydrogen-bond acceptors (Lipinski definition) is 1. The monoisotopic (exact) mass is 633 g/mol. The van der Waals surface area contributed by atoms with Gasteiger partial charge in [0.15, 0.2) is 6.20 Å². The van der Waals surface area contributed by atoms with Crippen LogP contribution in [0, 0.1) is 12.3 Å². The van der Waals surface area contributed by atoms with E-state index in [1.54, 1.807) is 0 Å². The van der Waals surface area contributed by atoms with Gasteiger partial charge in [-0.2, -0.15) is 0 Å². The summed E-state index contributed by atoms with van der Waals surface area (Å²) in [6.45, 7) is 16.3. The SMILES string of the molecule is Cc1c(C2=[N+](C)C=CC3c4ccc(-n5c6ccccc6c6cc(CC(C)(C)C)ccc65)cc4SC23)cc(C(C)(C)C)c2ccccc12. The highest BCUT2D eigenvalue weighted by atomic mass is 32.2. The molecule has 3 heterocycles. The van der Waals surface area contributed by atoms with Crippen molar-refractivity contribution in [3.05, 3.63) is 131 Å². The third-order valence-corrected chi connectivity index (χ3v) is 11.6. The van der Waals surface area contributed by atoms with Gasteiger partial charge in [-0.1, -0.05) is 96.1 Å². The van der Waals surface area contributed by atoms with Crippen molar-refractivity contribution >= 4 is 50.1 Å². The topological polar surface area (TPSA) is 7.94 Å². The summed E-state index contributed by atoms with van der Waals surface area (Å²) in [6.07, 6.45) is 5.79. The van der Waals surface area contributed by atoms with Gasteiger partial charge in [0.05, 0.1) is 11.0 Å². The lowest BCUT2D eigenvalue weighted by Gasteiger charge is -2.26. The number of fused-ring (bicyclic) bond motifs is 7. The number of aryl methyl sites for hydroxylation is 1. The van der Waals surface area contributed by atoms with Crippen molar-refractivity contribution in [3.8, 4) is 5.69 Å². The summed E-state index contributed by atoms with van der Waals surface area (Å²) in [6, 6.07) is 34.7. The fourth-order valence-corrected chi connectivity index (χ4v) is 9.71. The molecule has 0 saturated heterocycles. The first-order valence-electron chi connectivity index (χ1n) is 17.0. The van der Waals surface area contributed by atoms with Crippen LogP contribution in [0.15, 0.2) is 108 Å². The number of thioether (sulfide) groups is 1. The zero-order valence-electron chi connectivity index (χ0n) is 29.0. The Morgan fingerprint density at radius 3 is 2.19 bits per heavy atom. The first-order chi connectivity index (χ1) is 22.4. The van der Waals surface area contributed by atoms with Gasteiger partial charge in [0, 0.05) is 32.8 Å². The predicted octanol–water partition coefficient (Wildman–Crippen LogP) is 11.3. The molecule has 0 saturated carbocycles. The third-order valence-electron chi connectivity index (χ3n) is 10.2. The number of nitrogens with zero attached hydrogens (tertiary/aromatic N) is 2. The Labute approximate surface area is 283 Å². The number of hydrogen-bond donors (Lipinski definition) is 0. The Morgan fingerprint density at radius 2 is 1.45 bits per heavy atom. The van der Waals surface area contributed by atoms with E-state index in [1.165, 1.54) is 76.7 Å². The Hall–Kier alpha value is -4.08. The average Bonchev–Trinajstić information content (AvgIpc) is 3.55. The maximum absolute atomic E-state index is 2.50. The third kappa shape index (κ3) is 4.97. The molecule has 5 aromatic carbocycles. The number of aromatic nitrogens is 1. The molecular formula is C44H45N2S+. The van der Waals surface area contributed by atoms with Crippen molar-refractivity contribution in [1.82, 2.24) is 4.57 Å². The molecule has 2 aliphatic rings. The summed E-state index contributed by atoms with van der Waals surface area (Å²) in [5.41, 5.74) is 12.5. The van der Waals surface area contributed by atoms with Crippen LogP contribution in [-0.2, 0) is 11.8 Å². The summed E-state index contributed by atoms with van der Waals surface area (Å²) in [5.74, 6) is 0.345. The molecule has 236 valence electrons. The summed E-state index contributed by atoms with van der Waals surface area (Å²) in [5, 5.41) is 5.71. The van der Waals surface area contributed by atoms with E-state index in [0.717, 1.165) is 6.42 Å². The molecule has 6 aromatic rings. The van der Waals surface area contributed by atoms with Crippen LogP contribution in [0.3, 0.4) is 0 Å². The van der Waals surface area contributed by atoms with Crippen LogP contribution in [-0.4, -0.2) is 27.2 Å². The second-order valence-corrected chi connectivity index (χ2v) is 17.1. The van der Waals surface area contributed by atoms with Gasteiger partial charge in [-0.3, -0.25) is 0 Å². The molecule has 47 heavy (non-hydrogen) atoms. The van der Waals surface area contributed by atoms with Crippen LogP contribution < -0.4 is 0 Å². The van der Waals surface area contributed by atoms with Crippen molar-refractivity contribution in [2.24, 2.45) is 5.41 Å². The molecule has 2 aliphatic heterocycles. The molecule has 0 amide bonds. The number of para-hydroxylation sites is 1. The van der Waals surface area contributed by atoms with E-state index in [-0.39, 0.29) is 10.8 Å². The van der Waals surface area contributed by atoms with Crippen LogP contribution in [0.5, 0.6) is 0 Å². The maximum Gasteiger partial charge on any atom is 0.203 e. The minimum absolute atomic E-state index is 0.0433. The Kier molecular flexibility index (Phi) is 6.90. The van der Waals surface area contributed by atoms with Gasteiger partial charge in [-0.15, -0.1) is 11.8 Å². The van der Waals surface area contributed by atoms with Crippen LogP contribution in [0.25, 0.3) is 38.3 Å². The highest BCUT2D eigenvalue weighted by Crippen LogP contribution is 2.50. The van der Waals surface area contributed by atoms with Gasteiger partial charge in [0.25, 0.3) is 0 Å². The molecule has 0 N–H and O–H groups in total. The fraction of sp³-hybridized carbons (Fsp3) is 0.295. The van der Waals surface area contributed by atoms with Gasteiger partial charge in [-0.05, 0) is 99.7 Å².